The predicted molar refractivity (Wildman–Crippen MR) is 89.8 cm³/mol. The first-order chi connectivity index (χ1) is 10.5. The number of carbonyl (C=O) groups is 1. The molecule has 0 spiro atoms. The van der Waals surface area contributed by atoms with Crippen molar-refractivity contribution < 1.29 is 4.79 Å². The number of hydrogen-bond acceptors (Lipinski definition) is 3. The van der Waals surface area contributed by atoms with E-state index in [1.54, 1.807) is 6.07 Å². The number of fused-ring (bicyclic) bond motifs is 2. The van der Waals surface area contributed by atoms with Gasteiger partial charge in [-0.2, -0.15) is 0 Å². The molecule has 0 saturated carbocycles. The van der Waals surface area contributed by atoms with Crippen LogP contribution < -0.4 is 11.5 Å². The van der Waals surface area contributed by atoms with Gasteiger partial charge in [0.15, 0.2) is 0 Å². The zero-order valence-corrected chi connectivity index (χ0v) is 12.8. The van der Waals surface area contributed by atoms with Gasteiger partial charge in [0.1, 0.15) is 0 Å². The lowest BCUT2D eigenvalue weighted by Gasteiger charge is -2.27. The molecule has 0 atom stereocenters. The molecule has 0 radical (unpaired) electrons. The van der Waals surface area contributed by atoms with E-state index in [9.17, 15) is 4.79 Å². The van der Waals surface area contributed by atoms with Gasteiger partial charge in [-0.25, -0.2) is 4.98 Å². The summed E-state index contributed by atoms with van der Waals surface area (Å²) < 4.78 is 0. The third kappa shape index (κ3) is 2.12. The molecule has 4 heteroatoms. The van der Waals surface area contributed by atoms with Crippen molar-refractivity contribution in [2.24, 2.45) is 11.5 Å². The van der Waals surface area contributed by atoms with Crippen molar-refractivity contribution in [1.29, 1.82) is 0 Å². The van der Waals surface area contributed by atoms with Gasteiger partial charge in [-0.15, -0.1) is 0 Å². The highest BCUT2D eigenvalue weighted by atomic mass is 16.1. The van der Waals surface area contributed by atoms with Crippen LogP contribution in [0.25, 0.3) is 21.8 Å². The van der Waals surface area contributed by atoms with Crippen LogP contribution in [0.3, 0.4) is 0 Å². The fourth-order valence-corrected chi connectivity index (χ4v) is 2.94. The van der Waals surface area contributed by atoms with Crippen molar-refractivity contribution >= 4 is 27.7 Å². The summed E-state index contributed by atoms with van der Waals surface area (Å²) >= 11 is 0. The number of para-hydroxylation sites is 2. The van der Waals surface area contributed by atoms with E-state index >= 15 is 0 Å². The Morgan fingerprint density at radius 3 is 2.45 bits per heavy atom. The van der Waals surface area contributed by atoms with Crippen molar-refractivity contribution in [2.75, 3.05) is 6.54 Å². The molecule has 4 N–H and O–H groups in total. The lowest BCUT2D eigenvalue weighted by molar-refractivity contribution is 0.100. The summed E-state index contributed by atoms with van der Waals surface area (Å²) in [5, 5.41) is 2.00. The zero-order chi connectivity index (χ0) is 15.9. The third-order valence-corrected chi connectivity index (χ3v) is 4.16. The second-order valence-corrected chi connectivity index (χ2v) is 6.16. The van der Waals surface area contributed by atoms with E-state index in [1.807, 2.05) is 36.4 Å². The van der Waals surface area contributed by atoms with Crippen LogP contribution in [0, 0.1) is 0 Å². The maximum absolute atomic E-state index is 11.7. The Kier molecular flexibility index (Phi) is 3.34. The first kappa shape index (κ1) is 14.5. The van der Waals surface area contributed by atoms with E-state index in [4.69, 9.17) is 11.5 Å². The van der Waals surface area contributed by atoms with Crippen molar-refractivity contribution in [3.63, 3.8) is 0 Å². The van der Waals surface area contributed by atoms with Gasteiger partial charge >= 0.3 is 0 Å². The van der Waals surface area contributed by atoms with Crippen LogP contribution >= 0.6 is 0 Å². The Hall–Kier alpha value is -2.46. The molecular formula is C18H19N3O. The molecule has 1 heterocycles. The molecule has 0 unspecified atom stereocenters. The molecule has 3 rings (SSSR count). The number of rotatable bonds is 3. The highest BCUT2D eigenvalue weighted by molar-refractivity contribution is 6.09. The maximum Gasteiger partial charge on any atom is 0.250 e. The molecule has 4 nitrogen and oxygen atoms in total. The lowest BCUT2D eigenvalue weighted by atomic mass is 9.80. The van der Waals surface area contributed by atoms with Gasteiger partial charge < -0.3 is 11.5 Å². The van der Waals surface area contributed by atoms with Gasteiger partial charge in [0.2, 0.25) is 0 Å². The van der Waals surface area contributed by atoms with Gasteiger partial charge in [0.05, 0.1) is 16.6 Å². The van der Waals surface area contributed by atoms with Gasteiger partial charge in [-0.05, 0) is 17.7 Å². The van der Waals surface area contributed by atoms with Crippen LogP contribution in [-0.2, 0) is 5.41 Å². The summed E-state index contributed by atoms with van der Waals surface area (Å²) in [4.78, 5) is 16.4. The average Bonchev–Trinajstić information content (AvgIpc) is 2.51. The van der Waals surface area contributed by atoms with Crippen LogP contribution in [-0.4, -0.2) is 17.4 Å². The number of hydrogen-bond donors (Lipinski definition) is 2. The largest absolute Gasteiger partial charge is 0.366 e. The Bertz CT molecular complexity index is 884. The van der Waals surface area contributed by atoms with Crippen molar-refractivity contribution in [3.8, 4) is 0 Å². The number of amides is 1. The number of nitrogens with two attached hydrogens (primary N) is 2. The van der Waals surface area contributed by atoms with E-state index in [1.165, 1.54) is 0 Å². The molecule has 1 amide bonds. The summed E-state index contributed by atoms with van der Waals surface area (Å²) in [6.45, 7) is 4.70. The van der Waals surface area contributed by atoms with E-state index in [0.29, 0.717) is 17.6 Å². The van der Waals surface area contributed by atoms with Crippen LogP contribution in [0.5, 0.6) is 0 Å². The topological polar surface area (TPSA) is 82.0 Å². The van der Waals surface area contributed by atoms with E-state index < -0.39 is 5.91 Å². The molecule has 0 aliphatic carbocycles. The lowest BCUT2D eigenvalue weighted by Crippen LogP contribution is -2.29. The molecule has 0 aliphatic rings. The Morgan fingerprint density at radius 1 is 1.09 bits per heavy atom. The molecule has 0 bridgehead atoms. The molecular weight excluding hydrogens is 274 g/mol. The van der Waals surface area contributed by atoms with Crippen molar-refractivity contribution in [2.45, 2.75) is 19.3 Å². The monoisotopic (exact) mass is 293 g/mol. The van der Waals surface area contributed by atoms with Gasteiger partial charge in [0.25, 0.3) is 5.91 Å². The first-order valence-electron chi connectivity index (χ1n) is 7.27. The van der Waals surface area contributed by atoms with Crippen LogP contribution in [0.2, 0.25) is 0 Å². The number of aromatic nitrogens is 1. The fourth-order valence-electron chi connectivity index (χ4n) is 2.94. The van der Waals surface area contributed by atoms with Gasteiger partial charge in [-0.1, -0.05) is 44.2 Å². The Morgan fingerprint density at radius 2 is 1.77 bits per heavy atom. The fraction of sp³-hybridized carbons (Fsp3) is 0.222. The zero-order valence-electron chi connectivity index (χ0n) is 12.8. The standard InChI is InChI=1S/C18H19N3O/c1-18(2,10-19)15-11-6-3-4-9-14(11)21-16-12(15)7-5-8-13(16)17(20)22/h3-9H,10,19H2,1-2H3,(H2,20,22). The molecule has 3 aromatic rings. The Balaban J connectivity index is 2.57. The average molecular weight is 293 g/mol. The smallest absolute Gasteiger partial charge is 0.250 e. The molecule has 22 heavy (non-hydrogen) atoms. The Labute approximate surface area is 129 Å². The quantitative estimate of drug-likeness (QED) is 0.728. The number of nitrogens with zero attached hydrogens (tertiary/aromatic N) is 1. The maximum atomic E-state index is 11.7. The molecule has 0 aliphatic heterocycles. The molecule has 2 aromatic carbocycles. The summed E-state index contributed by atoms with van der Waals surface area (Å²) in [5.74, 6) is -0.468. The normalized spacial score (nSPS) is 12.0. The molecule has 1 aromatic heterocycles. The van der Waals surface area contributed by atoms with Gasteiger partial charge in [-0.3, -0.25) is 4.79 Å². The highest BCUT2D eigenvalue weighted by Crippen LogP contribution is 2.36. The highest BCUT2D eigenvalue weighted by Gasteiger charge is 2.25. The number of benzene rings is 2. The number of pyridine rings is 1. The van der Waals surface area contributed by atoms with Crippen LogP contribution in [0.15, 0.2) is 42.5 Å². The third-order valence-electron chi connectivity index (χ3n) is 4.16. The second-order valence-electron chi connectivity index (χ2n) is 6.16. The van der Waals surface area contributed by atoms with E-state index in [2.05, 4.69) is 18.8 Å². The first-order valence-corrected chi connectivity index (χ1v) is 7.27. The minimum absolute atomic E-state index is 0.239. The van der Waals surface area contributed by atoms with Crippen molar-refractivity contribution in [1.82, 2.24) is 4.98 Å². The molecule has 0 fully saturated rings. The van der Waals surface area contributed by atoms with Crippen LogP contribution in [0.1, 0.15) is 29.8 Å². The van der Waals surface area contributed by atoms with E-state index in [-0.39, 0.29) is 5.41 Å². The van der Waals surface area contributed by atoms with Crippen molar-refractivity contribution in [3.05, 3.63) is 53.6 Å². The SMILES string of the molecule is CC(C)(CN)c1c2ccccc2nc2c(C(N)=O)cccc12. The summed E-state index contributed by atoms with van der Waals surface area (Å²) in [6, 6.07) is 13.5. The minimum atomic E-state index is -0.468. The number of primary amides is 1. The van der Waals surface area contributed by atoms with E-state index in [0.717, 1.165) is 21.9 Å². The summed E-state index contributed by atoms with van der Waals surface area (Å²) in [5.41, 5.74) is 14.3. The predicted octanol–water partition coefficient (Wildman–Crippen LogP) is 2.72. The van der Waals surface area contributed by atoms with Gasteiger partial charge in [0, 0.05) is 22.7 Å². The molecule has 112 valence electrons. The minimum Gasteiger partial charge on any atom is -0.366 e. The summed E-state index contributed by atoms with van der Waals surface area (Å²) in [7, 11) is 0. The molecule has 0 saturated heterocycles. The number of carbonyl (C=O) groups excluding carboxylic acids is 1. The second kappa shape index (κ2) is 5.07. The summed E-state index contributed by atoms with van der Waals surface area (Å²) in [6.07, 6.45) is 0. The van der Waals surface area contributed by atoms with Crippen LogP contribution in [0.4, 0.5) is 0 Å².